The highest BCUT2D eigenvalue weighted by molar-refractivity contribution is 9.10. The smallest absolute Gasteiger partial charge is 0.295 e. The van der Waals surface area contributed by atoms with Crippen LogP contribution < -0.4 is 4.74 Å². The fraction of sp³-hybridized carbons (Fsp3) is 0.360. The molecule has 1 fully saturated rings. The molecule has 2 aromatic rings. The lowest BCUT2D eigenvalue weighted by Gasteiger charge is -2.25. The third-order valence-corrected chi connectivity index (χ3v) is 6.16. The van der Waals surface area contributed by atoms with Crippen LogP contribution in [0, 0.1) is 6.92 Å². The summed E-state index contributed by atoms with van der Waals surface area (Å²) in [7, 11) is 0. The third kappa shape index (κ3) is 4.85. The molecule has 2 aromatic carbocycles. The molecule has 0 saturated carbocycles. The number of ketones is 1. The van der Waals surface area contributed by atoms with Gasteiger partial charge in [0.2, 0.25) is 0 Å². The molecule has 164 valence electrons. The molecule has 1 atom stereocenters. The van der Waals surface area contributed by atoms with Crippen molar-refractivity contribution in [3.8, 4) is 5.75 Å². The molecule has 1 aliphatic heterocycles. The van der Waals surface area contributed by atoms with E-state index in [4.69, 9.17) is 4.74 Å². The average molecular weight is 486 g/mol. The number of hydrogen-bond acceptors (Lipinski definition) is 4. The zero-order valence-electron chi connectivity index (χ0n) is 18.3. The number of carbonyl (C=O) groups is 2. The number of aryl methyl sites for hydroxylation is 1. The van der Waals surface area contributed by atoms with E-state index < -0.39 is 17.7 Å². The Balaban J connectivity index is 2.16. The quantitative estimate of drug-likeness (QED) is 0.307. The Bertz CT molecular complexity index is 1030. The summed E-state index contributed by atoms with van der Waals surface area (Å²) in [6, 6.07) is 12.1. The Labute approximate surface area is 191 Å². The van der Waals surface area contributed by atoms with Crippen molar-refractivity contribution in [2.24, 2.45) is 0 Å². The predicted molar refractivity (Wildman–Crippen MR) is 125 cm³/mol. The number of rotatable bonds is 7. The summed E-state index contributed by atoms with van der Waals surface area (Å²) >= 11 is 3.46. The number of unbranched alkanes of at least 4 members (excludes halogenated alkanes) is 1. The fourth-order valence-corrected chi connectivity index (χ4v) is 4.01. The lowest BCUT2D eigenvalue weighted by molar-refractivity contribution is -0.139. The van der Waals surface area contributed by atoms with Gasteiger partial charge in [-0.05, 0) is 62.6 Å². The molecule has 5 nitrogen and oxygen atoms in total. The second-order valence-corrected chi connectivity index (χ2v) is 8.90. The second kappa shape index (κ2) is 9.69. The van der Waals surface area contributed by atoms with Crippen LogP contribution in [0.4, 0.5) is 0 Å². The van der Waals surface area contributed by atoms with Crippen LogP contribution in [0.3, 0.4) is 0 Å². The molecule has 1 heterocycles. The van der Waals surface area contributed by atoms with E-state index in [2.05, 4.69) is 15.9 Å². The van der Waals surface area contributed by atoms with E-state index in [9.17, 15) is 14.7 Å². The number of carbonyl (C=O) groups excluding carboxylic acids is 2. The molecule has 0 aromatic heterocycles. The molecule has 0 spiro atoms. The van der Waals surface area contributed by atoms with E-state index in [0.29, 0.717) is 17.9 Å². The molecule has 1 saturated heterocycles. The molecular weight excluding hydrogens is 458 g/mol. The van der Waals surface area contributed by atoms with E-state index >= 15 is 0 Å². The third-order valence-electron chi connectivity index (χ3n) is 5.27. The van der Waals surface area contributed by atoms with Gasteiger partial charge in [-0.25, -0.2) is 0 Å². The van der Waals surface area contributed by atoms with Gasteiger partial charge in [0.05, 0.1) is 17.7 Å². The molecule has 1 N–H and O–H groups in total. The number of likely N-dealkylation sites (tertiary alicyclic amines) is 1. The van der Waals surface area contributed by atoms with Crippen LogP contribution in [-0.2, 0) is 9.59 Å². The second-order valence-electron chi connectivity index (χ2n) is 8.05. The fourth-order valence-electron chi connectivity index (χ4n) is 3.76. The van der Waals surface area contributed by atoms with Gasteiger partial charge < -0.3 is 14.7 Å². The van der Waals surface area contributed by atoms with E-state index in [0.717, 1.165) is 28.4 Å². The maximum Gasteiger partial charge on any atom is 0.295 e. The number of aliphatic hydroxyl groups excluding tert-OH is 1. The zero-order chi connectivity index (χ0) is 22.7. The molecule has 1 amide bonds. The summed E-state index contributed by atoms with van der Waals surface area (Å²) in [5, 5.41) is 11.1. The van der Waals surface area contributed by atoms with Crippen LogP contribution in [0.5, 0.6) is 5.75 Å². The van der Waals surface area contributed by atoms with E-state index in [1.165, 1.54) is 0 Å². The first-order valence-electron chi connectivity index (χ1n) is 10.6. The largest absolute Gasteiger partial charge is 0.507 e. The van der Waals surface area contributed by atoms with Crippen molar-refractivity contribution in [2.45, 2.75) is 52.7 Å². The predicted octanol–water partition coefficient (Wildman–Crippen LogP) is 5.77. The lowest BCUT2D eigenvalue weighted by Crippen LogP contribution is -2.30. The van der Waals surface area contributed by atoms with Gasteiger partial charge in [0, 0.05) is 16.6 Å². The molecule has 6 heteroatoms. The minimum absolute atomic E-state index is 0.00700. The van der Waals surface area contributed by atoms with Gasteiger partial charge in [-0.3, -0.25) is 9.59 Å². The normalized spacial score (nSPS) is 18.1. The van der Waals surface area contributed by atoms with Gasteiger partial charge in [-0.15, -0.1) is 0 Å². The van der Waals surface area contributed by atoms with Crippen LogP contribution in [0.2, 0.25) is 0 Å². The van der Waals surface area contributed by atoms with Crippen molar-refractivity contribution in [1.82, 2.24) is 4.90 Å². The summed E-state index contributed by atoms with van der Waals surface area (Å²) < 4.78 is 6.73. The average Bonchev–Trinajstić information content (AvgIpc) is 2.98. The molecule has 31 heavy (non-hydrogen) atoms. The number of aliphatic hydroxyl groups is 1. The number of halogens is 1. The standard InChI is InChI=1S/C25H28BrNO4/c1-5-6-12-27-22(17-8-7-9-19(14-17)31-15(2)3)21(24(29)25(27)30)23(28)18-10-11-20(26)16(4)13-18/h7-11,13-15,22,28H,5-6,12H2,1-4H3/b23-21-. The number of nitrogens with zero attached hydrogens (tertiary/aromatic N) is 1. The van der Waals surface area contributed by atoms with E-state index in [1.807, 2.05) is 58.0 Å². The Kier molecular flexibility index (Phi) is 7.21. The molecule has 1 unspecified atom stereocenters. The maximum atomic E-state index is 13.0. The van der Waals surface area contributed by atoms with Crippen molar-refractivity contribution in [2.75, 3.05) is 6.54 Å². The van der Waals surface area contributed by atoms with Crippen LogP contribution in [-0.4, -0.2) is 34.3 Å². The number of Topliss-reactive ketones (excluding diaryl/α,β-unsaturated/α-hetero) is 1. The van der Waals surface area contributed by atoms with Crippen molar-refractivity contribution in [3.05, 3.63) is 69.2 Å². The minimum Gasteiger partial charge on any atom is -0.507 e. The monoisotopic (exact) mass is 485 g/mol. The SMILES string of the molecule is CCCCN1C(=O)C(=O)/C(=C(\O)c2ccc(Br)c(C)c2)C1c1cccc(OC(C)C)c1. The molecule has 3 rings (SSSR count). The molecule has 1 aliphatic rings. The van der Waals surface area contributed by atoms with E-state index in [1.54, 1.807) is 17.0 Å². The van der Waals surface area contributed by atoms with Gasteiger partial charge in [0.25, 0.3) is 11.7 Å². The molecule has 0 radical (unpaired) electrons. The van der Waals surface area contributed by atoms with Gasteiger partial charge in [0.15, 0.2) is 0 Å². The minimum atomic E-state index is -0.661. The van der Waals surface area contributed by atoms with Gasteiger partial charge in [0.1, 0.15) is 11.5 Å². The Hall–Kier alpha value is -2.60. The Morgan fingerprint density at radius 3 is 2.58 bits per heavy atom. The highest BCUT2D eigenvalue weighted by Crippen LogP contribution is 2.40. The van der Waals surface area contributed by atoms with Gasteiger partial charge in [-0.2, -0.15) is 0 Å². The highest BCUT2D eigenvalue weighted by atomic mass is 79.9. The summed E-state index contributed by atoms with van der Waals surface area (Å²) in [6.07, 6.45) is 1.65. The Morgan fingerprint density at radius 2 is 1.94 bits per heavy atom. The number of amides is 1. The first kappa shape index (κ1) is 23.1. The first-order valence-corrected chi connectivity index (χ1v) is 11.4. The van der Waals surface area contributed by atoms with Gasteiger partial charge >= 0.3 is 0 Å². The molecule has 0 bridgehead atoms. The van der Waals surface area contributed by atoms with E-state index in [-0.39, 0.29) is 17.4 Å². The number of benzene rings is 2. The van der Waals surface area contributed by atoms with Crippen molar-refractivity contribution >= 4 is 33.4 Å². The topological polar surface area (TPSA) is 66.8 Å². The first-order chi connectivity index (χ1) is 14.7. The van der Waals surface area contributed by atoms with Crippen LogP contribution in [0.15, 0.2) is 52.5 Å². The van der Waals surface area contributed by atoms with Crippen LogP contribution >= 0.6 is 15.9 Å². The maximum absolute atomic E-state index is 13.0. The van der Waals surface area contributed by atoms with Gasteiger partial charge in [-0.1, -0.05) is 47.5 Å². The van der Waals surface area contributed by atoms with Crippen LogP contribution in [0.25, 0.3) is 5.76 Å². The summed E-state index contributed by atoms with van der Waals surface area (Å²) in [4.78, 5) is 27.5. The Morgan fingerprint density at radius 1 is 1.19 bits per heavy atom. The number of hydrogen-bond donors (Lipinski definition) is 1. The van der Waals surface area contributed by atoms with Crippen molar-refractivity contribution < 1.29 is 19.4 Å². The number of ether oxygens (including phenoxy) is 1. The van der Waals surface area contributed by atoms with Crippen molar-refractivity contribution in [1.29, 1.82) is 0 Å². The summed E-state index contributed by atoms with van der Waals surface area (Å²) in [5.74, 6) is -0.737. The summed E-state index contributed by atoms with van der Waals surface area (Å²) in [5.41, 5.74) is 2.29. The lowest BCUT2D eigenvalue weighted by atomic mass is 9.94. The summed E-state index contributed by atoms with van der Waals surface area (Å²) in [6.45, 7) is 8.26. The zero-order valence-corrected chi connectivity index (χ0v) is 19.9. The molecular formula is C25H28BrNO4. The molecule has 0 aliphatic carbocycles. The van der Waals surface area contributed by atoms with Crippen molar-refractivity contribution in [3.63, 3.8) is 0 Å². The van der Waals surface area contributed by atoms with Crippen LogP contribution in [0.1, 0.15) is 56.3 Å². The highest BCUT2D eigenvalue weighted by Gasteiger charge is 2.45.